The first kappa shape index (κ1) is 11.3. The number of nitrogens with one attached hydrogen (secondary N) is 1. The van der Waals surface area contributed by atoms with Crippen LogP contribution in [0.4, 0.5) is 0 Å². The highest BCUT2D eigenvalue weighted by molar-refractivity contribution is 7.05. The Balaban J connectivity index is 2.72. The van der Waals surface area contributed by atoms with E-state index in [4.69, 9.17) is 0 Å². The van der Waals surface area contributed by atoms with Crippen molar-refractivity contribution in [2.75, 3.05) is 6.54 Å². The van der Waals surface area contributed by atoms with Crippen LogP contribution in [0, 0.1) is 0 Å². The van der Waals surface area contributed by atoms with Crippen molar-refractivity contribution in [3.63, 3.8) is 0 Å². The number of aryl methyl sites for hydroxylation is 1. The molecule has 1 aromatic rings. The third kappa shape index (κ3) is 2.62. The van der Waals surface area contributed by atoms with E-state index < -0.39 is 0 Å². The van der Waals surface area contributed by atoms with Crippen LogP contribution in [-0.2, 0) is 6.42 Å². The molecule has 4 heteroatoms. The van der Waals surface area contributed by atoms with E-state index in [2.05, 4.69) is 35.3 Å². The standard InChI is InChI=1S/C10H17N3S/c1-4-7-11-8(5-2)10-9(6-3)12-13-14-10/h5,8,11H,2,4,6-7H2,1,3H3. The van der Waals surface area contributed by atoms with Crippen LogP contribution in [0.3, 0.4) is 0 Å². The van der Waals surface area contributed by atoms with Gasteiger partial charge in [0, 0.05) is 0 Å². The molecule has 0 amide bonds. The van der Waals surface area contributed by atoms with Crippen molar-refractivity contribution < 1.29 is 0 Å². The first-order chi connectivity index (χ1) is 6.83. The topological polar surface area (TPSA) is 37.8 Å². The smallest absolute Gasteiger partial charge is 0.0804 e. The Hall–Kier alpha value is -0.740. The van der Waals surface area contributed by atoms with Crippen LogP contribution in [0.5, 0.6) is 0 Å². The van der Waals surface area contributed by atoms with Gasteiger partial charge in [-0.15, -0.1) is 11.7 Å². The lowest BCUT2D eigenvalue weighted by atomic mass is 10.1. The zero-order valence-corrected chi connectivity index (χ0v) is 9.60. The van der Waals surface area contributed by atoms with E-state index in [-0.39, 0.29) is 6.04 Å². The van der Waals surface area contributed by atoms with Crippen LogP contribution in [0.15, 0.2) is 12.7 Å². The highest BCUT2D eigenvalue weighted by atomic mass is 32.1. The molecule has 0 radical (unpaired) electrons. The van der Waals surface area contributed by atoms with Crippen LogP contribution < -0.4 is 5.32 Å². The molecule has 78 valence electrons. The van der Waals surface area contributed by atoms with Gasteiger partial charge < -0.3 is 5.32 Å². The first-order valence-corrected chi connectivity index (χ1v) is 5.77. The van der Waals surface area contributed by atoms with Crippen LogP contribution >= 0.6 is 11.5 Å². The lowest BCUT2D eigenvalue weighted by molar-refractivity contribution is 0.615. The quantitative estimate of drug-likeness (QED) is 0.734. The molecule has 0 fully saturated rings. The predicted octanol–water partition coefficient (Wildman–Crippen LogP) is 2.33. The summed E-state index contributed by atoms with van der Waals surface area (Å²) in [5.41, 5.74) is 1.09. The van der Waals surface area contributed by atoms with Gasteiger partial charge in [0.1, 0.15) is 0 Å². The van der Waals surface area contributed by atoms with Crippen molar-refractivity contribution >= 4 is 11.5 Å². The minimum absolute atomic E-state index is 0.213. The van der Waals surface area contributed by atoms with Gasteiger partial charge in [-0.3, -0.25) is 0 Å². The molecule has 3 nitrogen and oxygen atoms in total. The second kappa shape index (κ2) is 5.88. The Morgan fingerprint density at radius 3 is 2.93 bits per heavy atom. The molecule has 1 heterocycles. The maximum Gasteiger partial charge on any atom is 0.0804 e. The zero-order chi connectivity index (χ0) is 10.4. The van der Waals surface area contributed by atoms with E-state index in [1.165, 1.54) is 16.4 Å². The maximum absolute atomic E-state index is 4.09. The van der Waals surface area contributed by atoms with E-state index in [1.807, 2.05) is 6.08 Å². The Morgan fingerprint density at radius 2 is 2.36 bits per heavy atom. The summed E-state index contributed by atoms with van der Waals surface area (Å²) < 4.78 is 3.97. The average Bonchev–Trinajstić information content (AvgIpc) is 2.67. The summed E-state index contributed by atoms with van der Waals surface area (Å²) in [6.07, 6.45) is 3.98. The third-order valence-corrected chi connectivity index (χ3v) is 2.90. The van der Waals surface area contributed by atoms with E-state index >= 15 is 0 Å². The molecule has 1 N–H and O–H groups in total. The molecule has 0 bridgehead atoms. The van der Waals surface area contributed by atoms with E-state index in [0.717, 1.165) is 25.1 Å². The van der Waals surface area contributed by atoms with Gasteiger partial charge in [0.2, 0.25) is 0 Å². The van der Waals surface area contributed by atoms with Gasteiger partial charge in [0.15, 0.2) is 0 Å². The lowest BCUT2D eigenvalue weighted by Gasteiger charge is -2.12. The fourth-order valence-corrected chi connectivity index (χ4v) is 2.09. The first-order valence-electron chi connectivity index (χ1n) is 5.00. The van der Waals surface area contributed by atoms with E-state index in [0.29, 0.717) is 0 Å². The van der Waals surface area contributed by atoms with E-state index in [9.17, 15) is 0 Å². The largest absolute Gasteiger partial charge is 0.306 e. The van der Waals surface area contributed by atoms with Crippen molar-refractivity contribution in [1.82, 2.24) is 14.9 Å². The maximum atomic E-state index is 4.09. The fraction of sp³-hybridized carbons (Fsp3) is 0.600. The summed E-state index contributed by atoms with van der Waals surface area (Å²) in [6, 6.07) is 0.213. The number of aromatic nitrogens is 2. The summed E-state index contributed by atoms with van der Waals surface area (Å²) in [4.78, 5) is 1.20. The van der Waals surface area contributed by atoms with Crippen molar-refractivity contribution in [2.24, 2.45) is 0 Å². The van der Waals surface area contributed by atoms with Crippen molar-refractivity contribution in [3.05, 3.63) is 23.2 Å². The molecule has 1 rings (SSSR count). The Bertz CT molecular complexity index is 283. The molecule has 0 aliphatic rings. The van der Waals surface area contributed by atoms with Gasteiger partial charge in [-0.05, 0) is 30.9 Å². The molecule has 0 saturated heterocycles. The number of hydrogen-bond donors (Lipinski definition) is 1. The Kier molecular flexibility index (Phi) is 4.76. The fourth-order valence-electron chi connectivity index (χ4n) is 1.28. The third-order valence-electron chi connectivity index (χ3n) is 2.05. The highest BCUT2D eigenvalue weighted by Crippen LogP contribution is 2.21. The molecule has 1 atom stereocenters. The minimum atomic E-state index is 0.213. The minimum Gasteiger partial charge on any atom is -0.306 e. The Morgan fingerprint density at radius 1 is 1.57 bits per heavy atom. The molecule has 14 heavy (non-hydrogen) atoms. The van der Waals surface area contributed by atoms with Crippen LogP contribution in [0.25, 0.3) is 0 Å². The zero-order valence-electron chi connectivity index (χ0n) is 8.79. The summed E-state index contributed by atoms with van der Waals surface area (Å²) in [5.74, 6) is 0. The molecule has 0 aliphatic heterocycles. The van der Waals surface area contributed by atoms with Crippen LogP contribution in [-0.4, -0.2) is 16.1 Å². The van der Waals surface area contributed by atoms with Gasteiger partial charge >= 0.3 is 0 Å². The van der Waals surface area contributed by atoms with Crippen molar-refractivity contribution in [3.8, 4) is 0 Å². The number of hydrogen-bond acceptors (Lipinski definition) is 4. The summed E-state index contributed by atoms with van der Waals surface area (Å²) in [7, 11) is 0. The van der Waals surface area contributed by atoms with Gasteiger partial charge in [-0.2, -0.15) is 0 Å². The Labute approximate surface area is 89.4 Å². The summed E-state index contributed by atoms with van der Waals surface area (Å²) in [5, 5.41) is 7.50. The van der Waals surface area contributed by atoms with Crippen LogP contribution in [0.1, 0.15) is 36.9 Å². The normalized spacial score (nSPS) is 12.7. The molecule has 0 saturated carbocycles. The number of nitrogens with zero attached hydrogens (tertiary/aromatic N) is 2. The second-order valence-electron chi connectivity index (χ2n) is 3.10. The summed E-state index contributed by atoms with van der Waals surface area (Å²) >= 11 is 1.46. The average molecular weight is 211 g/mol. The van der Waals surface area contributed by atoms with Gasteiger partial charge in [0.05, 0.1) is 16.6 Å². The van der Waals surface area contributed by atoms with Crippen molar-refractivity contribution in [2.45, 2.75) is 32.7 Å². The molecular formula is C10H17N3S. The SMILES string of the molecule is C=CC(NCCC)c1snnc1CC. The highest BCUT2D eigenvalue weighted by Gasteiger charge is 2.14. The monoisotopic (exact) mass is 211 g/mol. The predicted molar refractivity (Wildman–Crippen MR) is 60.5 cm³/mol. The molecule has 1 aromatic heterocycles. The van der Waals surface area contributed by atoms with Crippen LogP contribution in [0.2, 0.25) is 0 Å². The van der Waals surface area contributed by atoms with Gasteiger partial charge in [-0.25, -0.2) is 0 Å². The number of rotatable bonds is 6. The summed E-state index contributed by atoms with van der Waals surface area (Å²) in [6.45, 7) is 9.08. The lowest BCUT2D eigenvalue weighted by Crippen LogP contribution is -2.20. The second-order valence-corrected chi connectivity index (χ2v) is 3.89. The molecular weight excluding hydrogens is 194 g/mol. The molecule has 0 spiro atoms. The molecule has 0 aliphatic carbocycles. The molecule has 1 unspecified atom stereocenters. The van der Waals surface area contributed by atoms with Crippen molar-refractivity contribution in [1.29, 1.82) is 0 Å². The molecule has 0 aromatic carbocycles. The van der Waals surface area contributed by atoms with E-state index in [1.54, 1.807) is 0 Å². The van der Waals surface area contributed by atoms with Gasteiger partial charge in [-0.1, -0.05) is 24.4 Å². The van der Waals surface area contributed by atoms with Gasteiger partial charge in [0.25, 0.3) is 0 Å².